The number of nitrogens with zero attached hydrogens (tertiary/aromatic N) is 3. The van der Waals surface area contributed by atoms with E-state index >= 15 is 0 Å². The summed E-state index contributed by atoms with van der Waals surface area (Å²) in [6.45, 7) is 2.56. The van der Waals surface area contributed by atoms with E-state index < -0.39 is 45.9 Å². The van der Waals surface area contributed by atoms with Crippen LogP contribution in [0.4, 0.5) is 8.78 Å². The quantitative estimate of drug-likeness (QED) is 0.721. The lowest BCUT2D eigenvalue weighted by Crippen LogP contribution is -2.70. The second-order valence-corrected chi connectivity index (χ2v) is 7.70. The molecule has 1 saturated heterocycles. The Morgan fingerprint density at radius 1 is 1.31 bits per heavy atom. The molecule has 1 fully saturated rings. The van der Waals surface area contributed by atoms with Gasteiger partial charge >= 0.3 is 0 Å². The molecule has 170 valence electrons. The Kier molecular flexibility index (Phi) is 5.37. The van der Waals surface area contributed by atoms with Gasteiger partial charge in [-0.3, -0.25) is 24.1 Å². The number of nitrogens with one attached hydrogen (secondary N) is 1. The van der Waals surface area contributed by atoms with Gasteiger partial charge in [0.05, 0.1) is 13.2 Å². The molecule has 1 aromatic heterocycles. The molecule has 9 nitrogen and oxygen atoms in total. The zero-order valence-electron chi connectivity index (χ0n) is 17.5. The average Bonchev–Trinajstić information content (AvgIpc) is 3.24. The van der Waals surface area contributed by atoms with Crippen molar-refractivity contribution in [2.24, 2.45) is 0 Å². The third kappa shape index (κ3) is 3.20. The number of carbonyl (C=O) groups excluding carboxylic acids is 2. The molecule has 2 aliphatic heterocycles. The summed E-state index contributed by atoms with van der Waals surface area (Å²) in [5.41, 5.74) is -2.50. The van der Waals surface area contributed by atoms with E-state index in [1.807, 2.05) is 6.92 Å². The number of benzene rings is 1. The second kappa shape index (κ2) is 7.90. The number of aromatic nitrogens is 1. The number of amides is 2. The Bertz CT molecular complexity index is 1160. The van der Waals surface area contributed by atoms with E-state index in [9.17, 15) is 28.3 Å². The highest BCUT2D eigenvalue weighted by Gasteiger charge is 2.51. The molecule has 2 aliphatic rings. The van der Waals surface area contributed by atoms with Gasteiger partial charge in [0, 0.05) is 44.4 Å². The van der Waals surface area contributed by atoms with Gasteiger partial charge in [-0.1, -0.05) is 6.07 Å². The molecule has 11 heteroatoms. The molecule has 1 unspecified atom stereocenters. The van der Waals surface area contributed by atoms with E-state index in [0.29, 0.717) is 25.6 Å². The lowest BCUT2D eigenvalue weighted by Gasteiger charge is -2.51. The van der Waals surface area contributed by atoms with Crippen LogP contribution in [-0.4, -0.2) is 59.0 Å². The summed E-state index contributed by atoms with van der Waals surface area (Å²) in [6.07, 6.45) is 1.70. The Morgan fingerprint density at radius 3 is 2.69 bits per heavy atom. The number of hydrogen-bond donors (Lipinski definition) is 2. The molecular weight excluding hydrogens is 426 g/mol. The maximum Gasteiger partial charge on any atom is 0.278 e. The molecule has 2 aromatic rings. The fourth-order valence-electron chi connectivity index (χ4n) is 4.26. The number of hydrogen-bond acceptors (Lipinski definition) is 6. The van der Waals surface area contributed by atoms with Gasteiger partial charge in [0.2, 0.25) is 5.43 Å². The number of aromatic hydroxyl groups is 1. The summed E-state index contributed by atoms with van der Waals surface area (Å²) in [5, 5.41) is 14.7. The summed E-state index contributed by atoms with van der Waals surface area (Å²) in [7, 11) is 1.57. The highest BCUT2D eigenvalue weighted by Crippen LogP contribution is 2.35. The van der Waals surface area contributed by atoms with Crippen LogP contribution in [0, 0.1) is 11.6 Å². The number of pyridine rings is 1. The predicted octanol–water partition coefficient (Wildman–Crippen LogP) is 0.922. The lowest BCUT2D eigenvalue weighted by molar-refractivity contribution is 0.0307. The second-order valence-electron chi connectivity index (χ2n) is 7.70. The van der Waals surface area contributed by atoms with E-state index in [4.69, 9.17) is 4.74 Å². The summed E-state index contributed by atoms with van der Waals surface area (Å²) in [4.78, 5) is 39.9. The van der Waals surface area contributed by atoms with Gasteiger partial charge in [0.1, 0.15) is 17.2 Å². The van der Waals surface area contributed by atoms with Crippen molar-refractivity contribution in [3.8, 4) is 5.75 Å². The summed E-state index contributed by atoms with van der Waals surface area (Å²) < 4.78 is 33.8. The van der Waals surface area contributed by atoms with Crippen molar-refractivity contribution in [3.05, 3.63) is 63.1 Å². The van der Waals surface area contributed by atoms with Crippen molar-refractivity contribution in [1.82, 2.24) is 14.9 Å². The van der Waals surface area contributed by atoms with Crippen LogP contribution in [-0.2, 0) is 11.3 Å². The molecule has 2 amide bonds. The molecule has 3 heterocycles. The van der Waals surface area contributed by atoms with Gasteiger partial charge < -0.3 is 20.1 Å². The zero-order valence-corrected chi connectivity index (χ0v) is 17.5. The van der Waals surface area contributed by atoms with Crippen LogP contribution < -0.4 is 15.8 Å². The van der Waals surface area contributed by atoms with Gasteiger partial charge in [-0.05, 0) is 13.0 Å². The summed E-state index contributed by atoms with van der Waals surface area (Å²) in [5.74, 6) is -3.90. The molecule has 0 saturated carbocycles. The molecule has 1 aromatic carbocycles. The normalized spacial score (nSPS) is 20.1. The summed E-state index contributed by atoms with van der Waals surface area (Å²) >= 11 is 0. The van der Waals surface area contributed by atoms with Gasteiger partial charge in [-0.15, -0.1) is 0 Å². The number of carbonyl (C=O) groups is 2. The first kappa shape index (κ1) is 21.8. The fourth-order valence-corrected chi connectivity index (χ4v) is 4.26. The smallest absolute Gasteiger partial charge is 0.278 e. The first-order valence-electron chi connectivity index (χ1n) is 10.1. The van der Waals surface area contributed by atoms with E-state index in [0.717, 1.165) is 6.07 Å². The number of likely N-dealkylation sites (N-methyl/N-ethyl adjacent to an activating group) is 2. The topological polar surface area (TPSA) is 104 Å². The van der Waals surface area contributed by atoms with Crippen molar-refractivity contribution >= 4 is 11.8 Å². The molecule has 4 rings (SSSR count). The number of rotatable bonds is 4. The first-order valence-corrected chi connectivity index (χ1v) is 10.1. The van der Waals surface area contributed by atoms with Crippen LogP contribution in [0.25, 0.3) is 0 Å². The minimum absolute atomic E-state index is 0.0241. The largest absolute Gasteiger partial charge is 0.502 e. The van der Waals surface area contributed by atoms with Crippen LogP contribution in [0.3, 0.4) is 0 Å². The molecule has 1 atom stereocenters. The number of ether oxygens (including phenoxy) is 1. The van der Waals surface area contributed by atoms with Gasteiger partial charge in [0.25, 0.3) is 11.8 Å². The minimum atomic E-state index is -1.02. The molecule has 1 spiro atoms. The maximum absolute atomic E-state index is 13.9. The highest BCUT2D eigenvalue weighted by atomic mass is 19.1. The predicted molar refractivity (Wildman–Crippen MR) is 109 cm³/mol. The Labute approximate surface area is 181 Å². The number of halogens is 2. The van der Waals surface area contributed by atoms with Crippen molar-refractivity contribution in [3.63, 3.8) is 0 Å². The van der Waals surface area contributed by atoms with E-state index in [2.05, 4.69) is 5.32 Å². The summed E-state index contributed by atoms with van der Waals surface area (Å²) in [6, 6.07) is 2.92. The SMILES string of the molecule is CCN1n2cc(C(=O)NCc3ccc(F)cc3F)c(=O)c(O)c2C(=O)N(C)C12CCOC2. The monoisotopic (exact) mass is 448 g/mol. The third-order valence-corrected chi connectivity index (χ3v) is 6.02. The molecule has 0 radical (unpaired) electrons. The Hall–Kier alpha value is -3.47. The lowest BCUT2D eigenvalue weighted by atomic mass is 10.0. The molecule has 0 bridgehead atoms. The fraction of sp³-hybridized carbons (Fsp3) is 0.381. The van der Waals surface area contributed by atoms with Gasteiger partial charge in [0.15, 0.2) is 17.1 Å². The van der Waals surface area contributed by atoms with Crippen LogP contribution in [0.15, 0.2) is 29.2 Å². The first-order chi connectivity index (χ1) is 15.2. The van der Waals surface area contributed by atoms with E-state index in [1.54, 1.807) is 12.1 Å². The van der Waals surface area contributed by atoms with Crippen molar-refractivity contribution < 1.29 is 28.2 Å². The van der Waals surface area contributed by atoms with Crippen molar-refractivity contribution in [2.75, 3.05) is 31.8 Å². The van der Waals surface area contributed by atoms with Crippen LogP contribution in [0.5, 0.6) is 5.75 Å². The zero-order chi connectivity index (χ0) is 23.2. The Balaban J connectivity index is 1.73. The van der Waals surface area contributed by atoms with Gasteiger partial charge in [-0.2, -0.15) is 0 Å². The average molecular weight is 448 g/mol. The maximum atomic E-state index is 13.9. The van der Waals surface area contributed by atoms with Crippen LogP contribution in [0.1, 0.15) is 39.8 Å². The molecular formula is C21H22F2N4O5. The standard InChI is InChI=1S/C21H22F2N4O5/c1-3-27-21(6-7-32-11-21)25(2)20(31)16-18(29)17(28)14(10-26(16)27)19(30)24-9-12-4-5-13(22)8-15(12)23/h4-5,8,10,29H,3,6-7,9,11H2,1-2H3,(H,24,30). The third-order valence-electron chi connectivity index (χ3n) is 6.02. The molecule has 32 heavy (non-hydrogen) atoms. The minimum Gasteiger partial charge on any atom is -0.502 e. The van der Waals surface area contributed by atoms with Crippen molar-refractivity contribution in [1.29, 1.82) is 0 Å². The van der Waals surface area contributed by atoms with Crippen molar-refractivity contribution in [2.45, 2.75) is 25.6 Å². The molecule has 0 aliphatic carbocycles. The van der Waals surface area contributed by atoms with Crippen LogP contribution >= 0.6 is 0 Å². The molecule has 2 N–H and O–H groups in total. The Morgan fingerprint density at radius 2 is 2.06 bits per heavy atom. The number of fused-ring (bicyclic) bond motifs is 1. The van der Waals surface area contributed by atoms with Gasteiger partial charge in [-0.25, -0.2) is 8.78 Å². The van der Waals surface area contributed by atoms with Crippen LogP contribution in [0.2, 0.25) is 0 Å². The highest BCUT2D eigenvalue weighted by molar-refractivity contribution is 5.99. The van der Waals surface area contributed by atoms with E-state index in [1.165, 1.54) is 21.8 Å². The van der Waals surface area contributed by atoms with E-state index in [-0.39, 0.29) is 24.4 Å².